The fraction of sp³-hybridized carbons (Fsp3) is 0.750. The summed E-state index contributed by atoms with van der Waals surface area (Å²) in [4.78, 5) is 12.6. The van der Waals surface area contributed by atoms with E-state index in [4.69, 9.17) is 4.74 Å². The predicted octanol–water partition coefficient (Wildman–Crippen LogP) is 5.09. The van der Waals surface area contributed by atoms with E-state index in [2.05, 4.69) is 47.3 Å². The average Bonchev–Trinajstić information content (AvgIpc) is 2.79. The lowest BCUT2D eigenvalue weighted by atomic mass is 9.69. The van der Waals surface area contributed by atoms with Crippen molar-refractivity contribution in [3.8, 4) is 0 Å². The molecule has 2 fully saturated rings. The van der Waals surface area contributed by atoms with Gasteiger partial charge in [0.05, 0.1) is 17.6 Å². The summed E-state index contributed by atoms with van der Waals surface area (Å²) >= 11 is 0. The largest absolute Gasteiger partial charge is 0.370 e. The molecule has 2 bridgehead atoms. The maximum Gasteiger partial charge on any atom is 0.142 e. The van der Waals surface area contributed by atoms with Crippen molar-refractivity contribution < 1.29 is 9.53 Å². The summed E-state index contributed by atoms with van der Waals surface area (Å²) in [5.41, 5.74) is 0.790. The van der Waals surface area contributed by atoms with Gasteiger partial charge in [0, 0.05) is 6.42 Å². The molecule has 2 aliphatic carbocycles. The Bertz CT molecular complexity index is 484. The zero-order valence-electron chi connectivity index (χ0n) is 15.0. The molecule has 0 aromatic carbocycles. The zero-order valence-corrected chi connectivity index (χ0v) is 15.0. The highest BCUT2D eigenvalue weighted by molar-refractivity contribution is 5.89. The van der Waals surface area contributed by atoms with E-state index in [1.54, 1.807) is 0 Å². The lowest BCUT2D eigenvalue weighted by Crippen LogP contribution is -2.43. The molecule has 2 nitrogen and oxygen atoms in total. The predicted molar refractivity (Wildman–Crippen MR) is 91.8 cm³/mol. The Balaban J connectivity index is 2.05. The van der Waals surface area contributed by atoms with E-state index in [9.17, 15) is 4.79 Å². The van der Waals surface area contributed by atoms with E-state index in [-0.39, 0.29) is 16.4 Å². The number of allylic oxidation sites excluding steroid dienone is 2. The molecule has 2 aliphatic rings. The Morgan fingerprint density at radius 1 is 1.45 bits per heavy atom. The molecular formula is C20H32O2. The number of carbonyl (C=O) groups excluding carboxylic acids is 1. The molecule has 0 radical (unpaired) electrons. The van der Waals surface area contributed by atoms with Gasteiger partial charge in [-0.15, -0.1) is 6.58 Å². The number of hydrogen-bond acceptors (Lipinski definition) is 2. The molecule has 124 valence electrons. The van der Waals surface area contributed by atoms with Crippen molar-refractivity contribution in [3.05, 3.63) is 24.3 Å². The number of hydrogen-bond donors (Lipinski definition) is 0. The van der Waals surface area contributed by atoms with E-state index >= 15 is 0 Å². The highest BCUT2D eigenvalue weighted by Gasteiger charge is 2.64. The van der Waals surface area contributed by atoms with Gasteiger partial charge in [0.25, 0.3) is 0 Å². The Hall–Kier alpha value is -0.890. The van der Waals surface area contributed by atoms with Crippen LogP contribution in [0.25, 0.3) is 0 Å². The molecular weight excluding hydrogens is 272 g/mol. The number of fused-ring (bicyclic) bond motifs is 2. The van der Waals surface area contributed by atoms with Gasteiger partial charge in [-0.1, -0.05) is 31.6 Å². The second-order valence-corrected chi connectivity index (χ2v) is 8.29. The van der Waals surface area contributed by atoms with E-state index < -0.39 is 0 Å². The standard InChI is InChI=1S/C20H32O2/c1-7-19(6,11-8-9-15(2)3)22-14-20-12-10-16(13-17(20)21)18(20,4)5/h7,9,16H,1,8,10-14H2,2-6H3. The Labute approximate surface area is 136 Å². The second-order valence-electron chi connectivity index (χ2n) is 8.29. The van der Waals surface area contributed by atoms with Gasteiger partial charge in [0.15, 0.2) is 0 Å². The maximum absolute atomic E-state index is 12.6. The first-order valence-corrected chi connectivity index (χ1v) is 8.61. The summed E-state index contributed by atoms with van der Waals surface area (Å²) in [6.07, 6.45) is 8.95. The van der Waals surface area contributed by atoms with Gasteiger partial charge in [-0.25, -0.2) is 0 Å². The first kappa shape index (κ1) is 17.5. The number of ketones is 1. The smallest absolute Gasteiger partial charge is 0.142 e. The molecule has 0 spiro atoms. The van der Waals surface area contributed by atoms with E-state index in [0.29, 0.717) is 18.3 Å². The Morgan fingerprint density at radius 2 is 2.14 bits per heavy atom. The molecule has 0 aliphatic heterocycles. The van der Waals surface area contributed by atoms with Crippen molar-refractivity contribution in [3.63, 3.8) is 0 Å². The SMILES string of the molecule is C=CC(C)(CCC=C(C)C)OCC12CCC(CC1=O)C2(C)C. The minimum absolute atomic E-state index is 0.0755. The first-order valence-electron chi connectivity index (χ1n) is 8.61. The molecule has 0 heterocycles. The number of Topliss-reactive ketones (excluding diaryl/α,β-unsaturated/α-hetero) is 1. The van der Waals surface area contributed by atoms with Crippen LogP contribution in [0.2, 0.25) is 0 Å². The van der Waals surface area contributed by atoms with Crippen LogP contribution in [0.5, 0.6) is 0 Å². The van der Waals surface area contributed by atoms with Crippen molar-refractivity contribution in [2.75, 3.05) is 6.61 Å². The topological polar surface area (TPSA) is 26.3 Å². The highest BCUT2D eigenvalue weighted by Crippen LogP contribution is 2.64. The van der Waals surface area contributed by atoms with Gasteiger partial charge in [-0.05, 0) is 57.8 Å². The lowest BCUT2D eigenvalue weighted by molar-refractivity contribution is -0.139. The fourth-order valence-corrected chi connectivity index (χ4v) is 4.28. The number of carbonyl (C=O) groups is 1. The van der Waals surface area contributed by atoms with E-state index in [1.807, 2.05) is 6.08 Å². The summed E-state index contributed by atoms with van der Waals surface area (Å²) in [5, 5.41) is 0. The molecule has 22 heavy (non-hydrogen) atoms. The maximum atomic E-state index is 12.6. The van der Waals surface area contributed by atoms with Crippen LogP contribution in [0.4, 0.5) is 0 Å². The van der Waals surface area contributed by atoms with Gasteiger partial charge in [0.1, 0.15) is 5.78 Å². The monoisotopic (exact) mass is 304 g/mol. The average molecular weight is 304 g/mol. The highest BCUT2D eigenvalue weighted by atomic mass is 16.5. The molecule has 2 heteroatoms. The summed E-state index contributed by atoms with van der Waals surface area (Å²) in [5.74, 6) is 0.966. The minimum Gasteiger partial charge on any atom is -0.370 e. The molecule has 0 N–H and O–H groups in total. The third kappa shape index (κ3) is 2.82. The molecule has 2 saturated carbocycles. The van der Waals surface area contributed by atoms with Crippen molar-refractivity contribution in [1.82, 2.24) is 0 Å². The van der Waals surface area contributed by atoms with Crippen LogP contribution in [-0.4, -0.2) is 18.0 Å². The van der Waals surface area contributed by atoms with Crippen LogP contribution in [-0.2, 0) is 9.53 Å². The minimum atomic E-state index is -0.349. The quantitative estimate of drug-likeness (QED) is 0.612. The summed E-state index contributed by atoms with van der Waals surface area (Å²) < 4.78 is 6.30. The molecule has 3 unspecified atom stereocenters. The van der Waals surface area contributed by atoms with Crippen LogP contribution in [0, 0.1) is 16.7 Å². The number of rotatable bonds is 7. The van der Waals surface area contributed by atoms with E-state index in [0.717, 1.165) is 25.7 Å². The molecule has 0 saturated heterocycles. The van der Waals surface area contributed by atoms with Gasteiger partial charge >= 0.3 is 0 Å². The Morgan fingerprint density at radius 3 is 2.59 bits per heavy atom. The van der Waals surface area contributed by atoms with Crippen LogP contribution >= 0.6 is 0 Å². The van der Waals surface area contributed by atoms with Crippen LogP contribution in [0.1, 0.15) is 66.7 Å². The van der Waals surface area contributed by atoms with E-state index in [1.165, 1.54) is 12.0 Å². The van der Waals surface area contributed by atoms with Crippen molar-refractivity contribution in [2.24, 2.45) is 16.7 Å². The molecule has 0 aromatic heterocycles. The summed E-state index contributed by atoms with van der Waals surface area (Å²) in [6.45, 7) is 15.3. The molecule has 2 rings (SSSR count). The van der Waals surface area contributed by atoms with Gasteiger partial charge < -0.3 is 4.74 Å². The first-order chi connectivity index (χ1) is 10.2. The summed E-state index contributed by atoms with van der Waals surface area (Å²) in [6, 6.07) is 0. The zero-order chi connectivity index (χ0) is 16.6. The fourth-order valence-electron chi connectivity index (χ4n) is 4.28. The third-order valence-corrected chi connectivity index (χ3v) is 6.41. The normalized spacial score (nSPS) is 31.9. The van der Waals surface area contributed by atoms with Gasteiger partial charge in [0.2, 0.25) is 0 Å². The molecule has 3 atom stereocenters. The van der Waals surface area contributed by atoms with Crippen LogP contribution in [0.15, 0.2) is 24.3 Å². The van der Waals surface area contributed by atoms with Crippen LogP contribution < -0.4 is 0 Å². The van der Waals surface area contributed by atoms with Crippen LogP contribution in [0.3, 0.4) is 0 Å². The second kappa shape index (κ2) is 5.96. The van der Waals surface area contributed by atoms with Crippen molar-refractivity contribution >= 4 is 5.78 Å². The summed E-state index contributed by atoms with van der Waals surface area (Å²) in [7, 11) is 0. The Kier molecular flexibility index (Phi) is 4.73. The third-order valence-electron chi connectivity index (χ3n) is 6.41. The van der Waals surface area contributed by atoms with Crippen molar-refractivity contribution in [1.29, 1.82) is 0 Å². The molecule has 0 aromatic rings. The lowest BCUT2D eigenvalue weighted by Gasteiger charge is -2.39. The molecule has 0 amide bonds. The van der Waals surface area contributed by atoms with Gasteiger partial charge in [-0.3, -0.25) is 4.79 Å². The van der Waals surface area contributed by atoms with Crippen molar-refractivity contribution in [2.45, 2.75) is 72.3 Å². The number of ether oxygens (including phenoxy) is 1. The van der Waals surface area contributed by atoms with Gasteiger partial charge in [-0.2, -0.15) is 0 Å².